The fourth-order valence-corrected chi connectivity index (χ4v) is 2.35. The second-order valence-electron chi connectivity index (χ2n) is 5.55. The number of carboxylic acid groups (broad SMARTS) is 1. The molecule has 9 nitrogen and oxygen atoms in total. The topological polar surface area (TPSA) is 143 Å². The van der Waals surface area contributed by atoms with Crippen LogP contribution in [-0.4, -0.2) is 31.9 Å². The highest BCUT2D eigenvalue weighted by molar-refractivity contribution is 5.91. The van der Waals surface area contributed by atoms with Crippen molar-refractivity contribution in [1.29, 1.82) is 0 Å². The van der Waals surface area contributed by atoms with Crippen LogP contribution in [0.1, 0.15) is 19.3 Å². The molecule has 9 heteroatoms. The van der Waals surface area contributed by atoms with Gasteiger partial charge in [0.2, 0.25) is 17.7 Å². The van der Waals surface area contributed by atoms with Crippen molar-refractivity contribution in [3.8, 4) is 11.6 Å². The van der Waals surface area contributed by atoms with Crippen molar-refractivity contribution in [3.63, 3.8) is 0 Å². The van der Waals surface area contributed by atoms with Crippen LogP contribution in [0.25, 0.3) is 11.0 Å². The van der Waals surface area contributed by atoms with Gasteiger partial charge in [0.05, 0.1) is 5.39 Å². The lowest BCUT2D eigenvalue weighted by molar-refractivity contribution is -0.137. The molecule has 0 atom stereocenters. The molecule has 0 spiro atoms. The molecule has 2 heterocycles. The van der Waals surface area contributed by atoms with Crippen LogP contribution < -0.4 is 15.8 Å². The van der Waals surface area contributed by atoms with Gasteiger partial charge in [-0.05, 0) is 36.8 Å². The van der Waals surface area contributed by atoms with Gasteiger partial charge in [-0.15, -0.1) is 0 Å². The summed E-state index contributed by atoms with van der Waals surface area (Å²) in [5.41, 5.74) is 6.84. The first kappa shape index (κ1) is 17.2. The van der Waals surface area contributed by atoms with Crippen LogP contribution in [0.3, 0.4) is 0 Å². The first-order chi connectivity index (χ1) is 12.5. The first-order valence-electron chi connectivity index (χ1n) is 7.91. The van der Waals surface area contributed by atoms with E-state index in [0.717, 1.165) is 0 Å². The average Bonchev–Trinajstić information content (AvgIpc) is 3.04. The number of hydrogen-bond acceptors (Lipinski definition) is 6. The standard InChI is InChI=1S/C17H17N5O4/c18-17-21-15-12(8-9-19-15)16(22-17)26-11-6-4-10(5-7-11)20-13(23)2-1-3-14(24)25/h4-9H,1-3H2,(H,20,23)(H,24,25)(H3,18,19,21,22). The maximum Gasteiger partial charge on any atom is 0.303 e. The molecule has 1 aromatic carbocycles. The Hall–Kier alpha value is -3.62. The largest absolute Gasteiger partial charge is 0.481 e. The third kappa shape index (κ3) is 4.26. The summed E-state index contributed by atoms with van der Waals surface area (Å²) >= 11 is 0. The second kappa shape index (κ2) is 7.51. The van der Waals surface area contributed by atoms with Gasteiger partial charge >= 0.3 is 5.97 Å². The van der Waals surface area contributed by atoms with Crippen molar-refractivity contribution in [2.75, 3.05) is 11.1 Å². The number of aromatic nitrogens is 3. The molecule has 0 aliphatic carbocycles. The number of nitrogens with one attached hydrogen (secondary N) is 2. The number of benzene rings is 1. The van der Waals surface area contributed by atoms with E-state index in [1.165, 1.54) is 0 Å². The molecule has 0 aliphatic rings. The van der Waals surface area contributed by atoms with Gasteiger partial charge in [-0.2, -0.15) is 9.97 Å². The third-order valence-corrected chi connectivity index (χ3v) is 3.55. The van der Waals surface area contributed by atoms with Crippen molar-refractivity contribution in [1.82, 2.24) is 15.0 Å². The number of aromatic amines is 1. The molecule has 2 aromatic heterocycles. The Kier molecular flexibility index (Phi) is 4.97. The van der Waals surface area contributed by atoms with E-state index in [0.29, 0.717) is 34.8 Å². The first-order valence-corrected chi connectivity index (χ1v) is 7.91. The van der Waals surface area contributed by atoms with Crippen LogP contribution in [0, 0.1) is 0 Å². The van der Waals surface area contributed by atoms with Crippen molar-refractivity contribution in [2.24, 2.45) is 0 Å². The molecule has 0 saturated carbocycles. The molecule has 26 heavy (non-hydrogen) atoms. The molecule has 0 fully saturated rings. The van der Waals surface area contributed by atoms with Crippen molar-refractivity contribution in [3.05, 3.63) is 36.5 Å². The van der Waals surface area contributed by atoms with Crippen LogP contribution in [0.15, 0.2) is 36.5 Å². The van der Waals surface area contributed by atoms with Gasteiger partial charge in [-0.1, -0.05) is 0 Å². The van der Waals surface area contributed by atoms with E-state index in [1.807, 2.05) is 0 Å². The highest BCUT2D eigenvalue weighted by Crippen LogP contribution is 2.28. The Morgan fingerprint density at radius 3 is 2.65 bits per heavy atom. The number of fused-ring (bicyclic) bond motifs is 1. The van der Waals surface area contributed by atoms with Gasteiger partial charge in [-0.3, -0.25) is 9.59 Å². The molecule has 0 bridgehead atoms. The molecule has 134 valence electrons. The monoisotopic (exact) mass is 355 g/mol. The number of nitrogen functional groups attached to an aromatic ring is 1. The molecule has 5 N–H and O–H groups in total. The molecule has 3 rings (SSSR count). The van der Waals surface area contributed by atoms with E-state index < -0.39 is 5.97 Å². The van der Waals surface area contributed by atoms with Crippen molar-refractivity contribution >= 4 is 34.5 Å². The SMILES string of the molecule is Nc1nc(Oc2ccc(NC(=O)CCCC(=O)O)cc2)c2cc[nH]c2n1. The summed E-state index contributed by atoms with van der Waals surface area (Å²) in [5, 5.41) is 12.0. The highest BCUT2D eigenvalue weighted by Gasteiger charge is 2.10. The van der Waals surface area contributed by atoms with Crippen LogP contribution in [-0.2, 0) is 9.59 Å². The maximum absolute atomic E-state index is 11.8. The Balaban J connectivity index is 1.63. The minimum Gasteiger partial charge on any atom is -0.481 e. The molecule has 0 aliphatic heterocycles. The number of amides is 1. The minimum absolute atomic E-state index is 0.0319. The molecule has 0 saturated heterocycles. The lowest BCUT2D eigenvalue weighted by atomic mass is 10.2. The van der Waals surface area contributed by atoms with E-state index in [4.69, 9.17) is 15.6 Å². The molecule has 3 aromatic rings. The fraction of sp³-hybridized carbons (Fsp3) is 0.176. The van der Waals surface area contributed by atoms with Crippen LogP contribution >= 0.6 is 0 Å². The number of aliphatic carboxylic acids is 1. The normalized spacial score (nSPS) is 10.6. The third-order valence-electron chi connectivity index (χ3n) is 3.55. The summed E-state index contributed by atoms with van der Waals surface area (Å²) in [6, 6.07) is 8.52. The summed E-state index contributed by atoms with van der Waals surface area (Å²) in [5.74, 6) is -0.201. The smallest absolute Gasteiger partial charge is 0.303 e. The summed E-state index contributed by atoms with van der Waals surface area (Å²) in [6.07, 6.45) is 2.13. The fourth-order valence-electron chi connectivity index (χ4n) is 2.35. The van der Waals surface area contributed by atoms with Gasteiger partial charge in [0, 0.05) is 24.7 Å². The van der Waals surface area contributed by atoms with E-state index in [-0.39, 0.29) is 24.7 Å². The molecule has 0 unspecified atom stereocenters. The van der Waals surface area contributed by atoms with E-state index >= 15 is 0 Å². The Morgan fingerprint density at radius 1 is 1.15 bits per heavy atom. The Bertz CT molecular complexity index is 936. The van der Waals surface area contributed by atoms with Gasteiger partial charge in [0.25, 0.3) is 0 Å². The van der Waals surface area contributed by atoms with Gasteiger partial charge in [-0.25, -0.2) is 0 Å². The Morgan fingerprint density at radius 2 is 1.92 bits per heavy atom. The maximum atomic E-state index is 11.8. The average molecular weight is 355 g/mol. The molecule has 0 radical (unpaired) electrons. The number of rotatable bonds is 7. The summed E-state index contributed by atoms with van der Waals surface area (Å²) in [4.78, 5) is 33.3. The van der Waals surface area contributed by atoms with Crippen LogP contribution in [0.5, 0.6) is 11.6 Å². The van der Waals surface area contributed by atoms with E-state index in [9.17, 15) is 9.59 Å². The van der Waals surface area contributed by atoms with E-state index in [2.05, 4.69) is 20.3 Å². The number of anilines is 2. The van der Waals surface area contributed by atoms with Gasteiger partial charge < -0.3 is 25.9 Å². The number of nitrogens with two attached hydrogens (primary N) is 1. The summed E-state index contributed by atoms with van der Waals surface area (Å²) in [6.45, 7) is 0. The quantitative estimate of drug-likeness (QED) is 0.510. The van der Waals surface area contributed by atoms with Crippen molar-refractivity contribution in [2.45, 2.75) is 19.3 Å². The molecular formula is C17H17N5O4. The number of ether oxygens (including phenoxy) is 1. The highest BCUT2D eigenvalue weighted by atomic mass is 16.5. The Labute approximate surface area is 148 Å². The number of carbonyl (C=O) groups is 2. The predicted octanol–water partition coefficient (Wildman–Crippen LogP) is 2.53. The number of nitrogens with zero attached hydrogens (tertiary/aromatic N) is 2. The van der Waals surface area contributed by atoms with Crippen LogP contribution in [0.2, 0.25) is 0 Å². The van der Waals surface area contributed by atoms with E-state index in [1.54, 1.807) is 36.5 Å². The van der Waals surface area contributed by atoms with Gasteiger partial charge in [0.1, 0.15) is 11.4 Å². The summed E-state index contributed by atoms with van der Waals surface area (Å²) in [7, 11) is 0. The lowest BCUT2D eigenvalue weighted by Gasteiger charge is -2.08. The number of carbonyl (C=O) groups excluding carboxylic acids is 1. The lowest BCUT2D eigenvalue weighted by Crippen LogP contribution is -2.11. The predicted molar refractivity (Wildman–Crippen MR) is 94.9 cm³/mol. The van der Waals surface area contributed by atoms with Gasteiger partial charge in [0.15, 0.2) is 0 Å². The molecular weight excluding hydrogens is 338 g/mol. The second-order valence-corrected chi connectivity index (χ2v) is 5.55. The zero-order valence-electron chi connectivity index (χ0n) is 13.7. The zero-order chi connectivity index (χ0) is 18.5. The van der Waals surface area contributed by atoms with Crippen LogP contribution in [0.4, 0.5) is 11.6 Å². The van der Waals surface area contributed by atoms with Crippen molar-refractivity contribution < 1.29 is 19.4 Å². The number of hydrogen-bond donors (Lipinski definition) is 4. The minimum atomic E-state index is -0.916. The summed E-state index contributed by atoms with van der Waals surface area (Å²) < 4.78 is 5.75. The molecule has 1 amide bonds. The zero-order valence-corrected chi connectivity index (χ0v) is 13.7. The number of H-pyrrole nitrogens is 1. The number of carboxylic acids is 1.